The highest BCUT2D eigenvalue weighted by Gasteiger charge is 2.38. The van der Waals surface area contributed by atoms with Gasteiger partial charge in [-0.1, -0.05) is 0 Å². The Morgan fingerprint density at radius 1 is 1.21 bits per heavy atom. The molecule has 0 bridgehead atoms. The van der Waals surface area contributed by atoms with Gasteiger partial charge < -0.3 is 5.11 Å². The van der Waals surface area contributed by atoms with Crippen molar-refractivity contribution in [3.8, 4) is 16.9 Å². The van der Waals surface area contributed by atoms with E-state index in [9.17, 15) is 18.3 Å². The molecule has 0 aliphatic carbocycles. The van der Waals surface area contributed by atoms with Crippen molar-refractivity contribution in [2.45, 2.75) is 6.54 Å². The third kappa shape index (κ3) is 3.16. The Balaban J connectivity index is 1.71. The minimum atomic E-state index is -4.26. The van der Waals surface area contributed by atoms with Crippen LogP contribution in [0.2, 0.25) is 0 Å². The molecule has 0 unspecified atom stereocenters. The van der Waals surface area contributed by atoms with Crippen LogP contribution in [0.1, 0.15) is 5.56 Å². The molecule has 3 aromatic rings. The van der Waals surface area contributed by atoms with Gasteiger partial charge in [0.25, 0.3) is 5.91 Å². The summed E-state index contributed by atoms with van der Waals surface area (Å²) < 4.78 is 43.0. The molecule has 1 saturated heterocycles. The van der Waals surface area contributed by atoms with Gasteiger partial charge in [-0.15, -0.1) is 0 Å². The summed E-state index contributed by atoms with van der Waals surface area (Å²) in [5, 5.41) is 14.2. The van der Waals surface area contributed by atoms with Crippen LogP contribution in [0.5, 0.6) is 5.75 Å². The molecule has 2 aromatic heterocycles. The smallest absolute Gasteiger partial charge is 0.326 e. The first-order valence-electron chi connectivity index (χ1n) is 8.11. The molecule has 1 fully saturated rings. The molecule has 3 heterocycles. The third-order valence-electron chi connectivity index (χ3n) is 4.20. The first-order chi connectivity index (χ1) is 13.3. The van der Waals surface area contributed by atoms with E-state index in [-0.39, 0.29) is 5.56 Å². The largest absolute Gasteiger partial charge is 0.506 e. The predicted octanol–water partition coefficient (Wildman–Crippen LogP) is 1.02. The Morgan fingerprint density at radius 3 is 2.64 bits per heavy atom. The Labute approximate surface area is 159 Å². The number of halogens is 1. The molecule has 0 saturated carbocycles. The zero-order chi connectivity index (χ0) is 19.9. The van der Waals surface area contributed by atoms with Gasteiger partial charge >= 0.3 is 10.2 Å². The maximum absolute atomic E-state index is 15.1. The minimum absolute atomic E-state index is 0.0447. The molecule has 28 heavy (non-hydrogen) atoms. The maximum atomic E-state index is 15.1. The van der Waals surface area contributed by atoms with Crippen molar-refractivity contribution in [3.63, 3.8) is 0 Å². The van der Waals surface area contributed by atoms with E-state index in [2.05, 4.69) is 10.1 Å². The van der Waals surface area contributed by atoms with Gasteiger partial charge in [-0.05, 0) is 29.8 Å². The van der Waals surface area contributed by atoms with Gasteiger partial charge in [0, 0.05) is 29.7 Å². The first kappa shape index (κ1) is 17.9. The monoisotopic (exact) mass is 403 g/mol. The van der Waals surface area contributed by atoms with Crippen molar-refractivity contribution in [2.75, 3.05) is 10.8 Å². The van der Waals surface area contributed by atoms with E-state index < -0.39 is 39.9 Å². The average molecular weight is 403 g/mol. The fourth-order valence-corrected chi connectivity index (χ4v) is 4.09. The summed E-state index contributed by atoms with van der Waals surface area (Å²) in [5.74, 6) is -2.37. The molecule has 4 rings (SSSR count). The first-order valence-corrected chi connectivity index (χ1v) is 9.55. The van der Waals surface area contributed by atoms with E-state index in [1.807, 2.05) is 12.1 Å². The van der Waals surface area contributed by atoms with Crippen molar-refractivity contribution in [1.82, 2.24) is 19.5 Å². The zero-order valence-corrected chi connectivity index (χ0v) is 15.1. The molecule has 1 amide bonds. The Bertz CT molecular complexity index is 1160. The second-order valence-corrected chi connectivity index (χ2v) is 7.71. The number of anilines is 1. The van der Waals surface area contributed by atoms with Crippen LogP contribution in [0.4, 0.5) is 10.1 Å². The van der Waals surface area contributed by atoms with Gasteiger partial charge in [0.1, 0.15) is 18.0 Å². The summed E-state index contributed by atoms with van der Waals surface area (Å²) in [6.07, 6.45) is 6.33. The van der Waals surface area contributed by atoms with Gasteiger partial charge in [-0.25, -0.2) is 13.4 Å². The molecule has 2 N–H and O–H groups in total. The van der Waals surface area contributed by atoms with Crippen molar-refractivity contribution in [1.29, 1.82) is 0 Å². The Hall–Kier alpha value is -3.47. The number of phenols is 1. The molecule has 1 aliphatic rings. The molecule has 1 aliphatic heterocycles. The van der Waals surface area contributed by atoms with E-state index in [1.165, 1.54) is 18.3 Å². The fraction of sp³-hybridized carbons (Fsp3) is 0.118. The van der Waals surface area contributed by atoms with Gasteiger partial charge in [0.05, 0.1) is 12.7 Å². The highest BCUT2D eigenvalue weighted by molar-refractivity contribution is 7.92. The van der Waals surface area contributed by atoms with Gasteiger partial charge in [0.15, 0.2) is 5.82 Å². The van der Waals surface area contributed by atoms with Crippen molar-refractivity contribution in [3.05, 3.63) is 60.4 Å². The average Bonchev–Trinajstić information content (AvgIpc) is 3.19. The summed E-state index contributed by atoms with van der Waals surface area (Å²) in [5.41, 5.74) is 0.800. The molecular formula is C17H14FN5O4S. The number of aromatic hydroxyl groups is 1. The van der Waals surface area contributed by atoms with Crippen LogP contribution in [0.15, 0.2) is 49.1 Å². The minimum Gasteiger partial charge on any atom is -0.506 e. The number of rotatable bonds is 4. The predicted molar refractivity (Wildman–Crippen MR) is 97.0 cm³/mol. The summed E-state index contributed by atoms with van der Waals surface area (Å²) in [4.78, 5) is 15.4. The fourth-order valence-electron chi connectivity index (χ4n) is 2.92. The lowest BCUT2D eigenvalue weighted by Gasteiger charge is -2.18. The molecule has 0 radical (unpaired) electrons. The van der Waals surface area contributed by atoms with Crippen LogP contribution in [-0.2, 0) is 21.5 Å². The van der Waals surface area contributed by atoms with Gasteiger partial charge in [-0.2, -0.15) is 13.5 Å². The maximum Gasteiger partial charge on any atom is 0.326 e. The van der Waals surface area contributed by atoms with E-state index >= 15 is 4.39 Å². The molecule has 1 aromatic carbocycles. The number of hydrogen-bond acceptors (Lipinski definition) is 6. The lowest BCUT2D eigenvalue weighted by molar-refractivity contribution is -0.117. The molecular weight excluding hydrogens is 389 g/mol. The third-order valence-corrected chi connectivity index (χ3v) is 5.58. The van der Waals surface area contributed by atoms with E-state index in [0.717, 1.165) is 5.56 Å². The molecule has 0 spiro atoms. The second kappa shape index (κ2) is 6.60. The number of pyridine rings is 1. The summed E-state index contributed by atoms with van der Waals surface area (Å²) in [6.45, 7) is -0.175. The van der Waals surface area contributed by atoms with Crippen LogP contribution in [-0.4, -0.2) is 40.7 Å². The van der Waals surface area contributed by atoms with Crippen LogP contribution < -0.4 is 9.03 Å². The van der Waals surface area contributed by atoms with E-state index in [0.29, 0.717) is 16.4 Å². The second-order valence-electron chi connectivity index (χ2n) is 6.11. The number of aromatic nitrogens is 3. The van der Waals surface area contributed by atoms with Gasteiger partial charge in [0.2, 0.25) is 0 Å². The van der Waals surface area contributed by atoms with E-state index in [4.69, 9.17) is 0 Å². The van der Waals surface area contributed by atoms with E-state index in [1.54, 1.807) is 28.0 Å². The zero-order valence-electron chi connectivity index (χ0n) is 14.3. The SMILES string of the molecule is O=C1CN(c2c(O)ccc(-c3cnn(Cc4ccncc4)c3)c2F)S(=O)(=O)N1. The summed E-state index contributed by atoms with van der Waals surface area (Å²) in [7, 11) is -4.26. The number of carbonyl (C=O) groups excluding carboxylic acids is 1. The normalized spacial score (nSPS) is 15.6. The number of phenolic OH excluding ortho intramolecular Hbond substituents is 1. The lowest BCUT2D eigenvalue weighted by Crippen LogP contribution is -2.30. The number of nitrogens with zero attached hydrogens (tertiary/aromatic N) is 4. The summed E-state index contributed by atoms with van der Waals surface area (Å²) >= 11 is 0. The Morgan fingerprint density at radius 2 is 1.96 bits per heavy atom. The quantitative estimate of drug-likeness (QED) is 0.672. The summed E-state index contributed by atoms with van der Waals surface area (Å²) in [6, 6.07) is 6.14. The van der Waals surface area contributed by atoms with Crippen LogP contribution in [0.3, 0.4) is 0 Å². The number of nitrogens with one attached hydrogen (secondary N) is 1. The molecule has 144 valence electrons. The lowest BCUT2D eigenvalue weighted by atomic mass is 10.1. The number of amides is 1. The van der Waals surface area contributed by atoms with Gasteiger partial charge in [-0.3, -0.25) is 14.5 Å². The van der Waals surface area contributed by atoms with Crippen LogP contribution in [0, 0.1) is 5.82 Å². The van der Waals surface area contributed by atoms with Crippen LogP contribution in [0.25, 0.3) is 11.1 Å². The van der Waals surface area contributed by atoms with Crippen molar-refractivity contribution >= 4 is 21.8 Å². The highest BCUT2D eigenvalue weighted by Crippen LogP contribution is 2.38. The topological polar surface area (TPSA) is 117 Å². The standard InChI is InChI=1S/C17H14FN5O4S/c18-16-13(12-7-20-22(9-12)8-11-3-5-19-6-4-11)1-2-14(24)17(16)23-10-15(25)21-28(23,26)27/h1-7,9,24H,8,10H2,(H,21,25). The molecule has 11 heteroatoms. The molecule has 9 nitrogen and oxygen atoms in total. The molecule has 0 atom stereocenters. The Kier molecular flexibility index (Phi) is 4.23. The number of carbonyl (C=O) groups is 1. The van der Waals surface area contributed by atoms with Crippen LogP contribution >= 0.6 is 0 Å². The van der Waals surface area contributed by atoms with Crippen molar-refractivity contribution in [2.24, 2.45) is 0 Å². The number of hydrogen-bond donors (Lipinski definition) is 2. The highest BCUT2D eigenvalue weighted by atomic mass is 32.2. The number of benzene rings is 1. The van der Waals surface area contributed by atoms with Crippen molar-refractivity contribution < 1.29 is 22.7 Å².